The van der Waals surface area contributed by atoms with Gasteiger partial charge in [0.2, 0.25) is 0 Å². The molecule has 0 fully saturated rings. The van der Waals surface area contributed by atoms with Gasteiger partial charge in [0.05, 0.1) is 5.60 Å². The molecule has 0 aromatic heterocycles. The van der Waals surface area contributed by atoms with Crippen LogP contribution in [-0.4, -0.2) is 32.3 Å². The van der Waals surface area contributed by atoms with Crippen LogP contribution in [0.25, 0.3) is 0 Å². The molecule has 1 unspecified atom stereocenters. The molecule has 0 aliphatic heterocycles. The molecule has 0 bridgehead atoms. The fraction of sp³-hybridized carbons (Fsp3) is 1.00. The first-order valence-electron chi connectivity index (χ1n) is 6.00. The van der Waals surface area contributed by atoms with Crippen molar-refractivity contribution in [2.24, 2.45) is 11.7 Å². The first kappa shape index (κ1) is 14.9. The molecule has 1 atom stereocenters. The molecule has 0 saturated carbocycles. The quantitative estimate of drug-likeness (QED) is 0.617. The fourth-order valence-corrected chi connectivity index (χ4v) is 1.59. The summed E-state index contributed by atoms with van der Waals surface area (Å²) >= 11 is 0. The van der Waals surface area contributed by atoms with E-state index in [1.807, 2.05) is 7.05 Å². The molecule has 0 aliphatic rings. The highest BCUT2D eigenvalue weighted by molar-refractivity contribution is 4.69. The molecule has 0 radical (unpaired) electrons. The van der Waals surface area contributed by atoms with E-state index in [9.17, 15) is 0 Å². The monoisotopic (exact) mass is 216 g/mol. The highest BCUT2D eigenvalue weighted by Gasteiger charge is 2.17. The summed E-state index contributed by atoms with van der Waals surface area (Å²) in [5, 5.41) is 3.18. The molecule has 0 amide bonds. The van der Waals surface area contributed by atoms with Gasteiger partial charge in [0, 0.05) is 6.61 Å². The molecule has 0 aromatic rings. The van der Waals surface area contributed by atoms with Crippen molar-refractivity contribution >= 4 is 0 Å². The van der Waals surface area contributed by atoms with Crippen molar-refractivity contribution < 1.29 is 4.74 Å². The third kappa shape index (κ3) is 8.85. The molecule has 3 heteroatoms. The van der Waals surface area contributed by atoms with Gasteiger partial charge in [-0.1, -0.05) is 6.92 Å². The zero-order valence-electron chi connectivity index (χ0n) is 10.8. The minimum Gasteiger partial charge on any atom is -0.376 e. The largest absolute Gasteiger partial charge is 0.376 e. The summed E-state index contributed by atoms with van der Waals surface area (Å²) in [6, 6.07) is 0. The molecule has 0 aliphatic carbocycles. The van der Waals surface area contributed by atoms with E-state index >= 15 is 0 Å². The first-order valence-corrected chi connectivity index (χ1v) is 6.00. The SMILES string of the molecule is CNCC(C)CCOC(C)(C)CCCN. The van der Waals surface area contributed by atoms with Gasteiger partial charge in [-0.2, -0.15) is 0 Å². The Balaban J connectivity index is 3.55. The average molecular weight is 216 g/mol. The third-order valence-corrected chi connectivity index (χ3v) is 2.64. The average Bonchev–Trinajstić information content (AvgIpc) is 2.15. The third-order valence-electron chi connectivity index (χ3n) is 2.64. The highest BCUT2D eigenvalue weighted by atomic mass is 16.5. The van der Waals surface area contributed by atoms with Crippen LogP contribution in [0.15, 0.2) is 0 Å². The van der Waals surface area contributed by atoms with Crippen molar-refractivity contribution in [1.82, 2.24) is 5.32 Å². The normalized spacial score (nSPS) is 14.2. The van der Waals surface area contributed by atoms with Gasteiger partial charge in [0.1, 0.15) is 0 Å². The first-order chi connectivity index (χ1) is 7.02. The van der Waals surface area contributed by atoms with E-state index in [4.69, 9.17) is 10.5 Å². The lowest BCUT2D eigenvalue weighted by molar-refractivity contribution is -0.0290. The van der Waals surface area contributed by atoms with Crippen LogP contribution in [0.2, 0.25) is 0 Å². The van der Waals surface area contributed by atoms with Gasteiger partial charge in [0.25, 0.3) is 0 Å². The van der Waals surface area contributed by atoms with E-state index in [1.165, 1.54) is 0 Å². The molecule has 0 rings (SSSR count). The Hall–Kier alpha value is -0.120. The smallest absolute Gasteiger partial charge is 0.0627 e. The Kier molecular flexibility index (Phi) is 8.02. The molecule has 15 heavy (non-hydrogen) atoms. The van der Waals surface area contributed by atoms with Crippen LogP contribution >= 0.6 is 0 Å². The van der Waals surface area contributed by atoms with Gasteiger partial charge in [-0.05, 0) is 59.2 Å². The summed E-state index contributed by atoms with van der Waals surface area (Å²) in [5.74, 6) is 0.681. The minimum atomic E-state index is -0.0151. The molecular formula is C12H28N2O. The van der Waals surface area contributed by atoms with Gasteiger partial charge in [-0.3, -0.25) is 0 Å². The fourth-order valence-electron chi connectivity index (χ4n) is 1.59. The van der Waals surface area contributed by atoms with E-state index in [0.717, 1.165) is 39.0 Å². The van der Waals surface area contributed by atoms with E-state index in [2.05, 4.69) is 26.1 Å². The van der Waals surface area contributed by atoms with E-state index in [-0.39, 0.29) is 5.60 Å². The summed E-state index contributed by atoms with van der Waals surface area (Å²) in [5.41, 5.74) is 5.47. The van der Waals surface area contributed by atoms with Gasteiger partial charge < -0.3 is 15.8 Å². The number of ether oxygens (including phenoxy) is 1. The molecular weight excluding hydrogens is 188 g/mol. The van der Waals surface area contributed by atoms with Crippen LogP contribution in [0.5, 0.6) is 0 Å². The molecule has 3 N–H and O–H groups in total. The van der Waals surface area contributed by atoms with Crippen LogP contribution in [-0.2, 0) is 4.74 Å². The van der Waals surface area contributed by atoms with Crippen molar-refractivity contribution in [2.75, 3.05) is 26.7 Å². The van der Waals surface area contributed by atoms with Gasteiger partial charge in [-0.25, -0.2) is 0 Å². The predicted molar refractivity (Wildman–Crippen MR) is 66.0 cm³/mol. The maximum Gasteiger partial charge on any atom is 0.0627 e. The second-order valence-corrected chi connectivity index (χ2v) is 4.95. The van der Waals surface area contributed by atoms with E-state index in [0.29, 0.717) is 5.92 Å². The van der Waals surface area contributed by atoms with E-state index in [1.54, 1.807) is 0 Å². The lowest BCUT2D eigenvalue weighted by atomic mass is 10.0. The van der Waals surface area contributed by atoms with Crippen LogP contribution in [0, 0.1) is 5.92 Å². The number of hydrogen-bond donors (Lipinski definition) is 2. The Bertz CT molecular complexity index is 149. The minimum absolute atomic E-state index is 0.0151. The zero-order valence-corrected chi connectivity index (χ0v) is 10.8. The number of nitrogens with two attached hydrogens (primary N) is 1. The maximum atomic E-state index is 5.87. The Morgan fingerprint density at radius 2 is 2.07 bits per heavy atom. The van der Waals surface area contributed by atoms with Crippen molar-refractivity contribution in [3.63, 3.8) is 0 Å². The number of nitrogens with one attached hydrogen (secondary N) is 1. The van der Waals surface area contributed by atoms with Crippen molar-refractivity contribution in [2.45, 2.75) is 45.6 Å². The lowest BCUT2D eigenvalue weighted by Gasteiger charge is -2.26. The molecule has 3 nitrogen and oxygen atoms in total. The number of rotatable bonds is 9. The summed E-state index contributed by atoms with van der Waals surface area (Å²) in [4.78, 5) is 0. The standard InChI is InChI=1S/C12H28N2O/c1-11(10-14-4)6-9-15-12(2,3)7-5-8-13/h11,14H,5-10,13H2,1-4H3. The topological polar surface area (TPSA) is 47.3 Å². The molecule has 0 aromatic carbocycles. The van der Waals surface area contributed by atoms with Gasteiger partial charge >= 0.3 is 0 Å². The summed E-state index contributed by atoms with van der Waals surface area (Å²) in [6.45, 7) is 9.19. The summed E-state index contributed by atoms with van der Waals surface area (Å²) in [7, 11) is 1.99. The highest BCUT2D eigenvalue weighted by Crippen LogP contribution is 2.17. The second-order valence-electron chi connectivity index (χ2n) is 4.95. The van der Waals surface area contributed by atoms with Gasteiger partial charge in [0.15, 0.2) is 0 Å². The second kappa shape index (κ2) is 8.08. The zero-order chi connectivity index (χ0) is 11.7. The summed E-state index contributed by atoms with van der Waals surface area (Å²) < 4.78 is 5.87. The molecule has 92 valence electrons. The molecule has 0 heterocycles. The molecule has 0 spiro atoms. The van der Waals surface area contributed by atoms with Crippen LogP contribution in [0.1, 0.15) is 40.0 Å². The molecule has 0 saturated heterocycles. The van der Waals surface area contributed by atoms with Crippen LogP contribution < -0.4 is 11.1 Å². The Morgan fingerprint density at radius 3 is 2.60 bits per heavy atom. The van der Waals surface area contributed by atoms with Crippen LogP contribution in [0.3, 0.4) is 0 Å². The number of hydrogen-bond acceptors (Lipinski definition) is 3. The van der Waals surface area contributed by atoms with Crippen molar-refractivity contribution in [3.05, 3.63) is 0 Å². The summed E-state index contributed by atoms with van der Waals surface area (Å²) in [6.07, 6.45) is 3.20. The van der Waals surface area contributed by atoms with Crippen LogP contribution in [0.4, 0.5) is 0 Å². The Labute approximate surface area is 94.8 Å². The van der Waals surface area contributed by atoms with Crippen molar-refractivity contribution in [3.8, 4) is 0 Å². The van der Waals surface area contributed by atoms with Gasteiger partial charge in [-0.15, -0.1) is 0 Å². The van der Waals surface area contributed by atoms with Crippen molar-refractivity contribution in [1.29, 1.82) is 0 Å². The Morgan fingerprint density at radius 1 is 1.40 bits per heavy atom. The maximum absolute atomic E-state index is 5.87. The predicted octanol–water partition coefficient (Wildman–Crippen LogP) is 1.77. The lowest BCUT2D eigenvalue weighted by Crippen LogP contribution is -2.27. The van der Waals surface area contributed by atoms with E-state index < -0.39 is 0 Å².